The van der Waals surface area contributed by atoms with E-state index in [2.05, 4.69) is 16.2 Å². The second-order valence-corrected chi connectivity index (χ2v) is 4.30. The van der Waals surface area contributed by atoms with Crippen LogP contribution in [0.5, 0.6) is 0 Å². The van der Waals surface area contributed by atoms with Gasteiger partial charge in [0.15, 0.2) is 0 Å². The molecule has 0 aromatic carbocycles. The van der Waals surface area contributed by atoms with Crippen molar-refractivity contribution in [1.29, 1.82) is 0 Å². The summed E-state index contributed by atoms with van der Waals surface area (Å²) in [5.41, 5.74) is 4.62. The number of hydrogen-bond donors (Lipinski definition) is 3. The average molecular weight is 229 g/mol. The van der Waals surface area contributed by atoms with E-state index in [9.17, 15) is 9.59 Å². The molecule has 1 fully saturated rings. The van der Waals surface area contributed by atoms with Gasteiger partial charge in [-0.05, 0) is 26.2 Å². The molecule has 6 nitrogen and oxygen atoms in total. The van der Waals surface area contributed by atoms with Crippen molar-refractivity contribution in [3.8, 4) is 0 Å². The van der Waals surface area contributed by atoms with Crippen molar-refractivity contribution in [3.05, 3.63) is 0 Å². The van der Waals surface area contributed by atoms with Gasteiger partial charge in [0.1, 0.15) is 6.10 Å². The summed E-state index contributed by atoms with van der Waals surface area (Å²) in [5, 5.41) is 2.59. The minimum Gasteiger partial charge on any atom is -0.368 e. The molecule has 1 aliphatic heterocycles. The molecule has 16 heavy (non-hydrogen) atoms. The first-order valence-corrected chi connectivity index (χ1v) is 5.48. The number of ether oxygens (including phenoxy) is 1. The van der Waals surface area contributed by atoms with E-state index in [1.165, 1.54) is 0 Å². The van der Waals surface area contributed by atoms with Crippen molar-refractivity contribution >= 4 is 11.9 Å². The third-order valence-electron chi connectivity index (χ3n) is 2.36. The average Bonchev–Trinajstić information content (AvgIpc) is 2.60. The van der Waals surface area contributed by atoms with E-state index in [-0.39, 0.29) is 17.9 Å². The summed E-state index contributed by atoms with van der Waals surface area (Å²) in [4.78, 5) is 22.7. The van der Waals surface area contributed by atoms with E-state index >= 15 is 0 Å². The van der Waals surface area contributed by atoms with E-state index in [0.29, 0.717) is 6.61 Å². The van der Waals surface area contributed by atoms with Crippen LogP contribution >= 0.6 is 0 Å². The topological polar surface area (TPSA) is 79.5 Å². The molecule has 1 aliphatic rings. The highest BCUT2D eigenvalue weighted by atomic mass is 16.5. The Morgan fingerprint density at radius 3 is 2.50 bits per heavy atom. The second-order valence-electron chi connectivity index (χ2n) is 4.30. The molecule has 3 N–H and O–H groups in total. The van der Waals surface area contributed by atoms with E-state index in [0.717, 1.165) is 6.42 Å². The van der Waals surface area contributed by atoms with E-state index in [4.69, 9.17) is 4.74 Å². The summed E-state index contributed by atoms with van der Waals surface area (Å²) in [5.74, 6) is -0.112. The lowest BCUT2D eigenvalue weighted by Gasteiger charge is -2.15. The molecule has 1 heterocycles. The van der Waals surface area contributed by atoms with Crippen LogP contribution < -0.4 is 16.2 Å². The molecular weight excluding hydrogens is 210 g/mol. The molecule has 0 aromatic rings. The van der Waals surface area contributed by atoms with Gasteiger partial charge in [0.2, 0.25) is 0 Å². The lowest BCUT2D eigenvalue weighted by atomic mass is 10.0. The smallest absolute Gasteiger partial charge is 0.333 e. The van der Waals surface area contributed by atoms with Gasteiger partial charge in [-0.2, -0.15) is 0 Å². The zero-order valence-electron chi connectivity index (χ0n) is 9.87. The maximum atomic E-state index is 11.6. The Morgan fingerprint density at radius 1 is 1.31 bits per heavy atom. The number of amides is 3. The van der Waals surface area contributed by atoms with Crippen LogP contribution in [0.4, 0.5) is 4.79 Å². The number of hydrazine groups is 1. The third kappa shape index (κ3) is 3.69. The standard InChI is InChI=1S/C10H19N3O3/c1-6(2)11-10(15)13-12-9(14)8-7(3)4-5-16-8/h6-8H,4-5H2,1-3H3,(H,12,14)(H2,11,13,15). The number of carbonyl (C=O) groups excluding carboxylic acids is 2. The van der Waals surface area contributed by atoms with Gasteiger partial charge >= 0.3 is 6.03 Å². The molecule has 2 atom stereocenters. The summed E-state index contributed by atoms with van der Waals surface area (Å²) >= 11 is 0. The van der Waals surface area contributed by atoms with Gasteiger partial charge in [-0.25, -0.2) is 10.2 Å². The Kier molecular flexibility index (Phi) is 4.54. The molecule has 3 amide bonds. The van der Waals surface area contributed by atoms with E-state index in [1.54, 1.807) is 0 Å². The Morgan fingerprint density at radius 2 is 2.00 bits per heavy atom. The summed E-state index contributed by atoms with van der Waals surface area (Å²) < 4.78 is 5.26. The van der Waals surface area contributed by atoms with Crippen LogP contribution in [0.1, 0.15) is 27.2 Å². The van der Waals surface area contributed by atoms with Gasteiger partial charge in [0.25, 0.3) is 5.91 Å². The Bertz CT molecular complexity index is 268. The van der Waals surface area contributed by atoms with Gasteiger partial charge in [0.05, 0.1) is 0 Å². The van der Waals surface area contributed by atoms with Crippen LogP contribution in [0, 0.1) is 5.92 Å². The number of carbonyl (C=O) groups is 2. The largest absolute Gasteiger partial charge is 0.368 e. The molecule has 0 aromatic heterocycles. The van der Waals surface area contributed by atoms with Gasteiger partial charge in [-0.3, -0.25) is 10.2 Å². The van der Waals surface area contributed by atoms with Crippen LogP contribution in [0.15, 0.2) is 0 Å². The Labute approximate surface area is 95.1 Å². The summed E-state index contributed by atoms with van der Waals surface area (Å²) in [6, 6.07) is -0.396. The molecule has 0 radical (unpaired) electrons. The van der Waals surface area contributed by atoms with Gasteiger partial charge < -0.3 is 10.1 Å². The lowest BCUT2D eigenvalue weighted by molar-refractivity contribution is -0.132. The van der Waals surface area contributed by atoms with Crippen molar-refractivity contribution in [1.82, 2.24) is 16.2 Å². The number of nitrogens with one attached hydrogen (secondary N) is 3. The van der Waals surface area contributed by atoms with Crippen LogP contribution in [-0.2, 0) is 9.53 Å². The first kappa shape index (κ1) is 12.8. The number of hydrogen-bond acceptors (Lipinski definition) is 3. The maximum absolute atomic E-state index is 11.6. The molecule has 1 saturated heterocycles. The molecule has 0 spiro atoms. The third-order valence-corrected chi connectivity index (χ3v) is 2.36. The van der Waals surface area contributed by atoms with Crippen molar-refractivity contribution < 1.29 is 14.3 Å². The maximum Gasteiger partial charge on any atom is 0.333 e. The molecule has 0 saturated carbocycles. The summed E-state index contributed by atoms with van der Waals surface area (Å²) in [6.07, 6.45) is 0.412. The normalized spacial score (nSPS) is 24.2. The van der Waals surface area contributed by atoms with Crippen LogP contribution in [0.3, 0.4) is 0 Å². The van der Waals surface area contributed by atoms with Crippen LogP contribution in [0.2, 0.25) is 0 Å². The fraction of sp³-hybridized carbons (Fsp3) is 0.800. The molecule has 0 aliphatic carbocycles. The molecule has 1 rings (SSSR count). The van der Waals surface area contributed by atoms with Gasteiger partial charge in [-0.1, -0.05) is 6.92 Å². The highest BCUT2D eigenvalue weighted by molar-refractivity contribution is 5.84. The lowest BCUT2D eigenvalue weighted by Crippen LogP contribution is -2.52. The molecule has 0 bridgehead atoms. The highest BCUT2D eigenvalue weighted by Crippen LogP contribution is 2.19. The quantitative estimate of drug-likeness (QED) is 0.590. The van der Waals surface area contributed by atoms with Crippen LogP contribution in [-0.4, -0.2) is 30.7 Å². The molecule has 92 valence electrons. The van der Waals surface area contributed by atoms with Crippen molar-refractivity contribution in [2.45, 2.75) is 39.3 Å². The monoisotopic (exact) mass is 229 g/mol. The van der Waals surface area contributed by atoms with E-state index in [1.807, 2.05) is 20.8 Å². The zero-order chi connectivity index (χ0) is 12.1. The van der Waals surface area contributed by atoms with Crippen molar-refractivity contribution in [2.24, 2.45) is 5.92 Å². The zero-order valence-corrected chi connectivity index (χ0v) is 9.87. The first-order valence-electron chi connectivity index (χ1n) is 5.48. The molecule has 6 heteroatoms. The van der Waals surface area contributed by atoms with Crippen LogP contribution in [0.25, 0.3) is 0 Å². The predicted octanol–water partition coefficient (Wildman–Crippen LogP) is 0.150. The number of rotatable bonds is 2. The first-order chi connectivity index (χ1) is 7.50. The Hall–Kier alpha value is -1.30. The SMILES string of the molecule is CC(C)NC(=O)NNC(=O)C1OCCC1C. The van der Waals surface area contributed by atoms with Gasteiger partial charge in [-0.15, -0.1) is 0 Å². The molecular formula is C10H19N3O3. The Balaban J connectivity index is 2.27. The van der Waals surface area contributed by atoms with E-state index < -0.39 is 12.1 Å². The fourth-order valence-corrected chi connectivity index (χ4v) is 1.52. The van der Waals surface area contributed by atoms with Crippen molar-refractivity contribution in [2.75, 3.05) is 6.61 Å². The summed E-state index contributed by atoms with van der Waals surface area (Å²) in [7, 11) is 0. The molecule has 2 unspecified atom stereocenters. The predicted molar refractivity (Wildman–Crippen MR) is 58.5 cm³/mol. The fourth-order valence-electron chi connectivity index (χ4n) is 1.52. The van der Waals surface area contributed by atoms with Crippen molar-refractivity contribution in [3.63, 3.8) is 0 Å². The summed E-state index contributed by atoms with van der Waals surface area (Å²) in [6.45, 7) is 6.22. The highest BCUT2D eigenvalue weighted by Gasteiger charge is 2.30. The van der Waals surface area contributed by atoms with Gasteiger partial charge in [0, 0.05) is 12.6 Å². The minimum absolute atomic E-state index is 0.0264. The second kappa shape index (κ2) is 5.69. The minimum atomic E-state index is -0.459. The number of urea groups is 1.